The molecule has 1 saturated heterocycles. The van der Waals surface area contributed by atoms with E-state index in [0.29, 0.717) is 0 Å². The van der Waals surface area contributed by atoms with Crippen LogP contribution in [0.15, 0.2) is 46.9 Å². The number of halogens is 2. The van der Waals surface area contributed by atoms with E-state index in [0.717, 1.165) is 28.3 Å². The monoisotopic (exact) mass is 410 g/mol. The Morgan fingerprint density at radius 3 is 2.00 bits per heavy atom. The summed E-state index contributed by atoms with van der Waals surface area (Å²) in [5.74, 6) is 0.894. The van der Waals surface area contributed by atoms with E-state index in [-0.39, 0.29) is 0 Å². The van der Waals surface area contributed by atoms with E-state index in [1.165, 1.54) is 37.3 Å². The van der Waals surface area contributed by atoms with Gasteiger partial charge in [0.15, 0.2) is 0 Å². The second-order valence-electron chi connectivity index (χ2n) is 6.45. The summed E-state index contributed by atoms with van der Waals surface area (Å²) in [6.07, 6.45) is 0. The highest BCUT2D eigenvalue weighted by Crippen LogP contribution is 2.25. The molecule has 1 fully saturated rings. The van der Waals surface area contributed by atoms with Crippen molar-refractivity contribution in [2.24, 2.45) is 0 Å². The average molecular weight is 412 g/mol. The predicted molar refractivity (Wildman–Crippen MR) is 101 cm³/mol. The molecule has 2 N–H and O–H groups in total. The van der Waals surface area contributed by atoms with Crippen molar-refractivity contribution in [1.29, 1.82) is 0 Å². The SMILES string of the molecule is COc1ccc(C[NH+]2CC[NH+](Cc3ccc(Cl)cc3)CC2)cc1Br. The molecule has 0 radical (unpaired) electrons. The van der Waals surface area contributed by atoms with Crippen LogP contribution in [-0.2, 0) is 13.1 Å². The Balaban J connectivity index is 1.50. The normalized spacial score (nSPS) is 20.8. The van der Waals surface area contributed by atoms with Gasteiger partial charge < -0.3 is 14.5 Å². The van der Waals surface area contributed by atoms with E-state index in [9.17, 15) is 0 Å². The highest BCUT2D eigenvalue weighted by Gasteiger charge is 2.23. The molecule has 0 bridgehead atoms. The number of benzene rings is 2. The van der Waals surface area contributed by atoms with Gasteiger partial charge in [-0.1, -0.05) is 23.7 Å². The van der Waals surface area contributed by atoms with E-state index in [1.807, 2.05) is 18.2 Å². The molecule has 2 aromatic carbocycles. The molecular weight excluding hydrogens is 388 g/mol. The van der Waals surface area contributed by atoms with Gasteiger partial charge in [-0.15, -0.1) is 0 Å². The van der Waals surface area contributed by atoms with E-state index in [2.05, 4.69) is 40.2 Å². The number of rotatable bonds is 5. The molecule has 3 rings (SSSR count). The zero-order valence-corrected chi connectivity index (χ0v) is 16.3. The van der Waals surface area contributed by atoms with Crippen LogP contribution in [0.25, 0.3) is 0 Å². The third-order valence-electron chi connectivity index (χ3n) is 4.70. The molecule has 1 heterocycles. The van der Waals surface area contributed by atoms with Crippen molar-refractivity contribution < 1.29 is 14.5 Å². The highest BCUT2D eigenvalue weighted by atomic mass is 79.9. The number of hydrogen-bond acceptors (Lipinski definition) is 1. The lowest BCUT2D eigenvalue weighted by Gasteiger charge is -2.30. The van der Waals surface area contributed by atoms with Crippen LogP contribution in [0.5, 0.6) is 5.75 Å². The van der Waals surface area contributed by atoms with Gasteiger partial charge in [0.2, 0.25) is 0 Å². The molecule has 0 unspecified atom stereocenters. The van der Waals surface area contributed by atoms with Crippen LogP contribution in [0.2, 0.25) is 5.02 Å². The van der Waals surface area contributed by atoms with Crippen LogP contribution in [0.4, 0.5) is 0 Å². The molecule has 1 aliphatic rings. The van der Waals surface area contributed by atoms with Crippen molar-refractivity contribution in [3.05, 3.63) is 63.1 Å². The van der Waals surface area contributed by atoms with Gasteiger partial charge in [-0.05, 0) is 46.3 Å². The summed E-state index contributed by atoms with van der Waals surface area (Å²) >= 11 is 9.54. The molecule has 0 atom stereocenters. The fraction of sp³-hybridized carbons (Fsp3) is 0.368. The molecule has 5 heteroatoms. The second kappa shape index (κ2) is 8.34. The third-order valence-corrected chi connectivity index (χ3v) is 5.57. The fourth-order valence-corrected chi connectivity index (χ4v) is 4.02. The minimum atomic E-state index is 0.814. The van der Waals surface area contributed by atoms with Crippen molar-refractivity contribution in [1.82, 2.24) is 0 Å². The lowest BCUT2D eigenvalue weighted by molar-refractivity contribution is -1.02. The van der Waals surface area contributed by atoms with Gasteiger partial charge in [0.1, 0.15) is 45.0 Å². The summed E-state index contributed by atoms with van der Waals surface area (Å²) < 4.78 is 6.34. The van der Waals surface area contributed by atoms with E-state index < -0.39 is 0 Å². The largest absolute Gasteiger partial charge is 0.496 e. The minimum absolute atomic E-state index is 0.814. The highest BCUT2D eigenvalue weighted by molar-refractivity contribution is 9.10. The number of quaternary nitrogens is 2. The first-order chi connectivity index (χ1) is 11.6. The van der Waals surface area contributed by atoms with E-state index >= 15 is 0 Å². The molecule has 0 amide bonds. The smallest absolute Gasteiger partial charge is 0.133 e. The topological polar surface area (TPSA) is 18.1 Å². The van der Waals surface area contributed by atoms with Gasteiger partial charge in [-0.2, -0.15) is 0 Å². The number of piperazine rings is 1. The molecule has 128 valence electrons. The van der Waals surface area contributed by atoms with Crippen molar-refractivity contribution >= 4 is 27.5 Å². The Hall–Kier alpha value is -1.07. The van der Waals surface area contributed by atoms with Crippen molar-refractivity contribution in [2.75, 3.05) is 33.3 Å². The Kier molecular flexibility index (Phi) is 6.17. The first kappa shape index (κ1) is 17.7. The maximum atomic E-state index is 5.96. The Bertz CT molecular complexity index is 670. The van der Waals surface area contributed by atoms with Crippen LogP contribution in [0.3, 0.4) is 0 Å². The maximum absolute atomic E-state index is 5.96. The minimum Gasteiger partial charge on any atom is -0.496 e. The van der Waals surface area contributed by atoms with Gasteiger partial charge in [0.25, 0.3) is 0 Å². The molecule has 0 saturated carbocycles. The second-order valence-corrected chi connectivity index (χ2v) is 7.74. The van der Waals surface area contributed by atoms with Gasteiger partial charge in [-0.25, -0.2) is 0 Å². The van der Waals surface area contributed by atoms with Gasteiger partial charge in [0.05, 0.1) is 11.6 Å². The first-order valence-corrected chi connectivity index (χ1v) is 9.55. The third kappa shape index (κ3) is 4.73. The number of ether oxygens (including phenoxy) is 1. The molecule has 24 heavy (non-hydrogen) atoms. The standard InChI is InChI=1S/C19H22BrClN2O/c1-24-19-7-4-16(12-18(19)20)14-23-10-8-22(9-11-23)13-15-2-5-17(21)6-3-15/h2-7,12H,8-11,13-14H2,1H3/p+2. The Labute approximate surface area is 157 Å². The predicted octanol–water partition coefficient (Wildman–Crippen LogP) is 1.59. The zero-order valence-electron chi connectivity index (χ0n) is 13.9. The fourth-order valence-electron chi connectivity index (χ4n) is 3.31. The quantitative estimate of drug-likeness (QED) is 0.765. The molecule has 2 aromatic rings. The number of methoxy groups -OCH3 is 1. The zero-order chi connectivity index (χ0) is 16.9. The Morgan fingerprint density at radius 2 is 1.46 bits per heavy atom. The number of nitrogens with one attached hydrogen (secondary N) is 2. The van der Waals surface area contributed by atoms with Crippen molar-refractivity contribution in [2.45, 2.75) is 13.1 Å². The summed E-state index contributed by atoms with van der Waals surface area (Å²) in [5, 5.41) is 0.814. The summed E-state index contributed by atoms with van der Waals surface area (Å²) in [5.41, 5.74) is 2.73. The molecular formula is C19H24BrClN2O+2. The molecule has 1 aliphatic heterocycles. The van der Waals surface area contributed by atoms with Crippen LogP contribution in [-0.4, -0.2) is 33.3 Å². The van der Waals surface area contributed by atoms with Gasteiger partial charge in [-0.3, -0.25) is 0 Å². The molecule has 0 aromatic heterocycles. The summed E-state index contributed by atoms with van der Waals surface area (Å²) in [6, 6.07) is 14.6. The van der Waals surface area contributed by atoms with Crippen molar-refractivity contribution in [3.63, 3.8) is 0 Å². The summed E-state index contributed by atoms with van der Waals surface area (Å²) in [4.78, 5) is 3.32. The first-order valence-electron chi connectivity index (χ1n) is 8.38. The van der Waals surface area contributed by atoms with Gasteiger partial charge in [0, 0.05) is 16.1 Å². The lowest BCUT2D eigenvalue weighted by Crippen LogP contribution is -3.27. The Morgan fingerprint density at radius 1 is 0.917 bits per heavy atom. The van der Waals surface area contributed by atoms with Crippen molar-refractivity contribution in [3.8, 4) is 5.75 Å². The van der Waals surface area contributed by atoms with Crippen LogP contribution < -0.4 is 14.5 Å². The van der Waals surface area contributed by atoms with E-state index in [4.69, 9.17) is 16.3 Å². The summed E-state index contributed by atoms with van der Waals surface area (Å²) in [6.45, 7) is 7.04. The number of hydrogen-bond donors (Lipinski definition) is 2. The average Bonchev–Trinajstić information content (AvgIpc) is 2.59. The molecule has 0 spiro atoms. The maximum Gasteiger partial charge on any atom is 0.133 e. The molecule has 0 aliphatic carbocycles. The summed E-state index contributed by atoms with van der Waals surface area (Å²) in [7, 11) is 1.70. The van der Waals surface area contributed by atoms with Gasteiger partial charge >= 0.3 is 0 Å². The van der Waals surface area contributed by atoms with Crippen LogP contribution >= 0.6 is 27.5 Å². The lowest BCUT2D eigenvalue weighted by atomic mass is 10.1. The van der Waals surface area contributed by atoms with E-state index in [1.54, 1.807) is 16.9 Å². The van der Waals surface area contributed by atoms with Crippen LogP contribution in [0.1, 0.15) is 11.1 Å². The molecule has 3 nitrogen and oxygen atoms in total. The van der Waals surface area contributed by atoms with Crippen LogP contribution in [0, 0.1) is 0 Å².